The zero-order chi connectivity index (χ0) is 30.6. The van der Waals surface area contributed by atoms with Crippen molar-refractivity contribution in [3.8, 4) is 17.1 Å². The molecule has 1 amide bonds. The number of likely N-dealkylation sites (N-methyl/N-ethyl adjacent to an activating group) is 1. The van der Waals surface area contributed by atoms with Gasteiger partial charge in [0.2, 0.25) is 6.54 Å². The molecule has 7 rings (SSSR count). The summed E-state index contributed by atoms with van der Waals surface area (Å²) in [5.74, 6) is -1.74. The van der Waals surface area contributed by atoms with Crippen LogP contribution in [-0.2, 0) is 16.6 Å². The van der Waals surface area contributed by atoms with Gasteiger partial charge in [-0.25, -0.2) is 15.4 Å². The molecule has 1 aromatic heterocycles. The van der Waals surface area contributed by atoms with Crippen molar-refractivity contribution in [2.75, 3.05) is 51.3 Å². The van der Waals surface area contributed by atoms with Crippen LogP contribution in [0.2, 0.25) is 0 Å². The Morgan fingerprint density at radius 3 is 2.73 bits per heavy atom. The van der Waals surface area contributed by atoms with Gasteiger partial charge >= 0.3 is 6.01 Å². The zero-order valence-electron chi connectivity index (χ0n) is 25.0. The number of piperazine rings is 1. The fourth-order valence-corrected chi connectivity index (χ4v) is 7.49. The van der Waals surface area contributed by atoms with Gasteiger partial charge in [0.1, 0.15) is 24.3 Å². The van der Waals surface area contributed by atoms with Crippen LogP contribution in [0, 0.1) is 12.4 Å². The second-order valence-corrected chi connectivity index (χ2v) is 12.7. The SMILES string of the molecule is [C-]#[N+]C[C@H]1CN(c2nc(OC[C@@H]3CCCN3C)nc3cc(-c4cccc5c4CCC54CC4)c(F)cc23)CCN1C(=O)C(=C)F. The molecule has 3 fully saturated rings. The summed E-state index contributed by atoms with van der Waals surface area (Å²) < 4.78 is 36.1. The highest BCUT2D eigenvalue weighted by atomic mass is 19.1. The van der Waals surface area contributed by atoms with Crippen molar-refractivity contribution in [3.05, 3.63) is 71.1 Å². The molecule has 1 spiro atoms. The molecule has 0 N–H and O–H groups in total. The van der Waals surface area contributed by atoms with Gasteiger partial charge in [0, 0.05) is 36.6 Å². The summed E-state index contributed by atoms with van der Waals surface area (Å²) in [5, 5.41) is 0.527. The van der Waals surface area contributed by atoms with Crippen LogP contribution in [0.3, 0.4) is 0 Å². The van der Waals surface area contributed by atoms with Crippen LogP contribution in [0.5, 0.6) is 6.01 Å². The molecular formula is C34H36F2N6O2. The number of amides is 1. The van der Waals surface area contributed by atoms with E-state index in [1.54, 1.807) is 6.07 Å². The minimum Gasteiger partial charge on any atom is -0.462 e. The Morgan fingerprint density at radius 1 is 1.16 bits per heavy atom. The fraction of sp³-hybridized carbons (Fsp3) is 0.471. The van der Waals surface area contributed by atoms with Gasteiger partial charge in [-0.05, 0) is 86.4 Å². The van der Waals surface area contributed by atoms with Crippen LogP contribution in [0.15, 0.2) is 42.7 Å². The molecule has 8 nitrogen and oxygen atoms in total. The van der Waals surface area contributed by atoms with Crippen LogP contribution in [0.25, 0.3) is 26.9 Å². The number of likely N-dealkylation sites (tertiary alicyclic amines) is 1. The summed E-state index contributed by atoms with van der Waals surface area (Å²) in [5.41, 5.74) is 4.86. The first-order chi connectivity index (χ1) is 21.3. The third kappa shape index (κ3) is 4.97. The molecule has 3 aromatic rings. The van der Waals surface area contributed by atoms with Gasteiger partial charge in [0.05, 0.1) is 5.52 Å². The lowest BCUT2D eigenvalue weighted by Gasteiger charge is -2.39. The molecular weight excluding hydrogens is 562 g/mol. The van der Waals surface area contributed by atoms with Gasteiger partial charge in [-0.2, -0.15) is 9.97 Å². The normalized spacial score (nSPS) is 22.3. The highest BCUT2D eigenvalue weighted by Crippen LogP contribution is 2.58. The number of rotatable bonds is 7. The Labute approximate surface area is 256 Å². The summed E-state index contributed by atoms with van der Waals surface area (Å²) >= 11 is 0. The monoisotopic (exact) mass is 598 g/mol. The molecule has 0 radical (unpaired) electrons. The Hall–Kier alpha value is -4.10. The van der Waals surface area contributed by atoms with Crippen molar-refractivity contribution in [2.45, 2.75) is 56.0 Å². The number of ether oxygens (including phenoxy) is 1. The van der Waals surface area contributed by atoms with E-state index < -0.39 is 17.8 Å². The number of benzene rings is 2. The molecule has 2 aliphatic heterocycles. The molecule has 10 heteroatoms. The summed E-state index contributed by atoms with van der Waals surface area (Å²) in [6, 6.07) is 9.44. The third-order valence-electron chi connectivity index (χ3n) is 10.1. The van der Waals surface area contributed by atoms with Gasteiger partial charge in [-0.3, -0.25) is 4.79 Å². The van der Waals surface area contributed by atoms with E-state index >= 15 is 4.39 Å². The van der Waals surface area contributed by atoms with E-state index in [2.05, 4.69) is 29.4 Å². The number of anilines is 1. The number of carbonyl (C=O) groups excluding carboxylic acids is 1. The molecule has 44 heavy (non-hydrogen) atoms. The summed E-state index contributed by atoms with van der Waals surface area (Å²) in [6.45, 7) is 12.8. The Balaban J connectivity index is 1.29. The summed E-state index contributed by atoms with van der Waals surface area (Å²) in [6.07, 6.45) is 6.59. The average molecular weight is 599 g/mol. The number of carbonyl (C=O) groups is 1. The van der Waals surface area contributed by atoms with E-state index in [0.717, 1.165) is 37.8 Å². The van der Waals surface area contributed by atoms with Gasteiger partial charge < -0.3 is 24.3 Å². The predicted molar refractivity (Wildman–Crippen MR) is 165 cm³/mol. The first-order valence-corrected chi connectivity index (χ1v) is 15.5. The minimum absolute atomic E-state index is 0.00493. The lowest BCUT2D eigenvalue weighted by Crippen LogP contribution is -2.56. The Kier molecular flexibility index (Phi) is 7.24. The van der Waals surface area contributed by atoms with Crippen molar-refractivity contribution in [2.24, 2.45) is 0 Å². The smallest absolute Gasteiger partial charge is 0.319 e. The van der Waals surface area contributed by atoms with Gasteiger partial charge in [-0.15, -0.1) is 0 Å². The van der Waals surface area contributed by atoms with E-state index in [1.807, 2.05) is 17.0 Å². The molecule has 3 heterocycles. The first-order valence-electron chi connectivity index (χ1n) is 15.5. The molecule has 1 saturated carbocycles. The Morgan fingerprint density at radius 2 is 2.00 bits per heavy atom. The fourth-order valence-electron chi connectivity index (χ4n) is 7.49. The molecule has 2 saturated heterocycles. The maximum Gasteiger partial charge on any atom is 0.319 e. The van der Waals surface area contributed by atoms with E-state index in [4.69, 9.17) is 21.3 Å². The number of halogens is 2. The molecule has 2 aromatic carbocycles. The van der Waals surface area contributed by atoms with Crippen LogP contribution in [0.1, 0.15) is 43.2 Å². The quantitative estimate of drug-likeness (QED) is 0.272. The molecule has 4 aliphatic rings. The van der Waals surface area contributed by atoms with Gasteiger partial charge in [-0.1, -0.05) is 24.8 Å². The van der Waals surface area contributed by atoms with Crippen LogP contribution >= 0.6 is 0 Å². The number of hydrogen-bond donors (Lipinski definition) is 0. The van der Waals surface area contributed by atoms with E-state index in [9.17, 15) is 9.18 Å². The standard InChI is InChI=1S/C34H36F2N6O2/c1-21(35)32(43)42-15-14-41(19-23(42)18-37-2)31-27-16-29(36)26(24-7-4-8-28-25(24)9-10-34(28)11-12-34)17-30(27)38-33(39-31)44-20-22-6-5-13-40(22)3/h4,7-8,16-17,22-23H,1,5-6,9-15,18-20H2,3H3/t22-,23-/m0/s1. The van der Waals surface area contributed by atoms with Crippen LogP contribution < -0.4 is 9.64 Å². The van der Waals surface area contributed by atoms with Crippen LogP contribution in [-0.4, -0.2) is 84.1 Å². The Bertz CT molecular complexity index is 1700. The van der Waals surface area contributed by atoms with Crippen molar-refractivity contribution in [3.63, 3.8) is 0 Å². The second kappa shape index (κ2) is 11.1. The predicted octanol–water partition coefficient (Wildman–Crippen LogP) is 5.31. The van der Waals surface area contributed by atoms with E-state index in [1.165, 1.54) is 34.9 Å². The largest absolute Gasteiger partial charge is 0.462 e. The van der Waals surface area contributed by atoms with E-state index in [-0.39, 0.29) is 42.9 Å². The average Bonchev–Trinajstić information content (AvgIpc) is 3.55. The minimum atomic E-state index is -1.05. The highest BCUT2D eigenvalue weighted by molar-refractivity contribution is 5.94. The third-order valence-corrected chi connectivity index (χ3v) is 10.1. The van der Waals surface area contributed by atoms with Gasteiger partial charge in [0.25, 0.3) is 5.91 Å². The van der Waals surface area contributed by atoms with Crippen molar-refractivity contribution in [1.29, 1.82) is 0 Å². The summed E-state index contributed by atoms with van der Waals surface area (Å²) in [7, 11) is 2.08. The maximum atomic E-state index is 16.1. The molecule has 2 atom stereocenters. The molecule has 2 aliphatic carbocycles. The van der Waals surface area contributed by atoms with Gasteiger partial charge in [0.15, 0.2) is 5.83 Å². The zero-order valence-corrected chi connectivity index (χ0v) is 25.0. The number of aromatic nitrogens is 2. The van der Waals surface area contributed by atoms with Crippen LogP contribution in [0.4, 0.5) is 14.6 Å². The second-order valence-electron chi connectivity index (χ2n) is 12.7. The lowest BCUT2D eigenvalue weighted by atomic mass is 9.92. The topological polar surface area (TPSA) is 66.2 Å². The molecule has 0 bridgehead atoms. The van der Waals surface area contributed by atoms with Crippen molar-refractivity contribution in [1.82, 2.24) is 19.8 Å². The lowest BCUT2D eigenvalue weighted by molar-refractivity contribution is -0.131. The highest BCUT2D eigenvalue weighted by Gasteiger charge is 2.49. The van der Waals surface area contributed by atoms with Crippen molar-refractivity contribution >= 4 is 22.6 Å². The number of nitrogens with zero attached hydrogens (tertiary/aromatic N) is 6. The molecule has 228 valence electrons. The first kappa shape index (κ1) is 28.7. The van der Waals surface area contributed by atoms with Crippen molar-refractivity contribution < 1.29 is 18.3 Å². The molecule has 0 unspecified atom stereocenters. The number of fused-ring (bicyclic) bond motifs is 3. The van der Waals surface area contributed by atoms with E-state index in [0.29, 0.717) is 35.4 Å². The maximum absolute atomic E-state index is 16.1. The number of hydrogen-bond acceptors (Lipinski definition) is 6. The summed E-state index contributed by atoms with van der Waals surface area (Å²) in [4.78, 5) is 31.1.